The Labute approximate surface area is 319 Å². The Morgan fingerprint density at radius 2 is 1.27 bits per heavy atom. The van der Waals surface area contributed by atoms with Crippen LogP contribution in [0.2, 0.25) is 0 Å². The molecule has 0 radical (unpaired) electrons. The van der Waals surface area contributed by atoms with Crippen molar-refractivity contribution in [2.24, 2.45) is 0 Å². The summed E-state index contributed by atoms with van der Waals surface area (Å²) >= 11 is 0. The molecule has 2 aliphatic rings. The van der Waals surface area contributed by atoms with E-state index in [4.69, 9.17) is 0 Å². The number of likely N-dealkylation sites (tertiary alicyclic amines) is 2. The van der Waals surface area contributed by atoms with Crippen molar-refractivity contribution in [3.8, 4) is 11.4 Å². The molecule has 2 saturated heterocycles. The first-order valence-corrected chi connectivity index (χ1v) is 19.2. The predicted molar refractivity (Wildman–Crippen MR) is 206 cm³/mol. The molecule has 5 atom stereocenters. The number of β-amino-alcohol motifs (C(OH)–C–C–N with tert-alkyl or cyclic N) is 1. The molecule has 2 aliphatic heterocycles. The summed E-state index contributed by atoms with van der Waals surface area (Å²) < 4.78 is 29.4. The molecule has 2 aromatic carbocycles. The standard InChI is InChI=1S/C40H52F2N8O5/c1-5-31(45-35(52)19-43-3)39(54)49-13-7-8-24(49)17-29-27-11-9-22(41)14-33(27)47-37(29)38-30(28-12-10-23(42)15-34(28)48-38)18-25-16-26(51)21-50(25)40(55)32(6-2)46-36(53)20-44-4/h9-12,14-15,24-26,31-32,43-44,47-48,51H,5-8,13,16-21H2,1-4H3,(H,45,52)(H,46,53). The maximum Gasteiger partial charge on any atom is 0.245 e. The number of halogens is 2. The van der Waals surface area contributed by atoms with Gasteiger partial charge in [-0.1, -0.05) is 13.8 Å². The first-order valence-electron chi connectivity index (χ1n) is 19.2. The number of amides is 4. The molecular weight excluding hydrogens is 710 g/mol. The van der Waals surface area contributed by atoms with E-state index in [1.54, 1.807) is 31.1 Å². The molecule has 13 nitrogen and oxygen atoms in total. The van der Waals surface area contributed by atoms with Gasteiger partial charge in [0, 0.05) is 47.0 Å². The summed E-state index contributed by atoms with van der Waals surface area (Å²) in [5, 5.41) is 23.6. The van der Waals surface area contributed by atoms with E-state index in [1.165, 1.54) is 24.3 Å². The zero-order valence-electron chi connectivity index (χ0n) is 31.9. The maximum atomic E-state index is 14.7. The molecule has 4 heterocycles. The third-order valence-electron chi connectivity index (χ3n) is 11.0. The molecule has 4 aromatic rings. The Balaban J connectivity index is 1.39. The van der Waals surface area contributed by atoms with E-state index in [1.807, 2.05) is 18.7 Å². The van der Waals surface area contributed by atoms with Crippen molar-refractivity contribution in [1.29, 1.82) is 0 Å². The van der Waals surface area contributed by atoms with Gasteiger partial charge in [-0.05, 0) is 107 Å². The number of hydrogen-bond donors (Lipinski definition) is 7. The van der Waals surface area contributed by atoms with E-state index < -0.39 is 35.9 Å². The molecule has 6 rings (SSSR count). The number of aliphatic hydroxyl groups excluding tert-OH is 1. The van der Waals surface area contributed by atoms with Crippen molar-refractivity contribution >= 4 is 45.4 Å². The molecule has 2 fully saturated rings. The van der Waals surface area contributed by atoms with Crippen LogP contribution in [0.5, 0.6) is 0 Å². The summed E-state index contributed by atoms with van der Waals surface area (Å²) in [6, 6.07) is 6.91. The smallest absolute Gasteiger partial charge is 0.245 e. The quantitative estimate of drug-likeness (QED) is 0.0976. The maximum absolute atomic E-state index is 14.7. The Kier molecular flexibility index (Phi) is 12.5. The number of nitrogens with zero attached hydrogens (tertiary/aromatic N) is 2. The minimum absolute atomic E-state index is 0.0566. The van der Waals surface area contributed by atoms with Gasteiger partial charge in [0.25, 0.3) is 0 Å². The van der Waals surface area contributed by atoms with Crippen molar-refractivity contribution < 1.29 is 33.1 Å². The topological polar surface area (TPSA) is 175 Å². The van der Waals surface area contributed by atoms with Crippen LogP contribution >= 0.6 is 0 Å². The summed E-state index contributed by atoms with van der Waals surface area (Å²) in [5.74, 6) is -1.88. The molecule has 4 amide bonds. The summed E-state index contributed by atoms with van der Waals surface area (Å²) in [4.78, 5) is 63.0. The lowest BCUT2D eigenvalue weighted by Gasteiger charge is -2.29. The fourth-order valence-electron chi connectivity index (χ4n) is 8.36. The number of carbonyl (C=O) groups is 4. The van der Waals surface area contributed by atoms with Crippen LogP contribution in [0, 0.1) is 11.6 Å². The normalized spacial score (nSPS) is 19.7. The number of carbonyl (C=O) groups excluding carboxylic acids is 4. The molecule has 0 spiro atoms. The van der Waals surface area contributed by atoms with Crippen LogP contribution in [0.15, 0.2) is 36.4 Å². The van der Waals surface area contributed by atoms with Crippen LogP contribution < -0.4 is 21.3 Å². The predicted octanol–water partition coefficient (Wildman–Crippen LogP) is 2.86. The monoisotopic (exact) mass is 762 g/mol. The molecule has 2 aromatic heterocycles. The van der Waals surface area contributed by atoms with Crippen LogP contribution in [0.25, 0.3) is 33.2 Å². The second-order valence-electron chi connectivity index (χ2n) is 14.7. The fourth-order valence-corrected chi connectivity index (χ4v) is 8.36. The van der Waals surface area contributed by atoms with Gasteiger partial charge in [0.1, 0.15) is 23.7 Å². The van der Waals surface area contributed by atoms with E-state index in [0.29, 0.717) is 61.1 Å². The van der Waals surface area contributed by atoms with E-state index in [0.717, 1.165) is 34.7 Å². The van der Waals surface area contributed by atoms with Crippen molar-refractivity contribution in [3.05, 3.63) is 59.2 Å². The summed E-state index contributed by atoms with van der Waals surface area (Å²) in [7, 11) is 3.32. The van der Waals surface area contributed by atoms with Crippen molar-refractivity contribution in [2.45, 2.75) is 89.1 Å². The molecule has 0 bridgehead atoms. The van der Waals surface area contributed by atoms with Crippen molar-refractivity contribution in [2.75, 3.05) is 40.3 Å². The average Bonchev–Trinajstić information content (AvgIpc) is 3.94. The number of H-pyrrole nitrogens is 2. The number of aromatic nitrogens is 2. The number of aromatic amines is 2. The molecule has 5 unspecified atom stereocenters. The summed E-state index contributed by atoms with van der Waals surface area (Å²) in [6.45, 7) is 4.47. The molecule has 296 valence electrons. The van der Waals surface area contributed by atoms with Crippen molar-refractivity contribution in [3.63, 3.8) is 0 Å². The number of fused-ring (bicyclic) bond motifs is 2. The minimum Gasteiger partial charge on any atom is -0.391 e. The van der Waals surface area contributed by atoms with E-state index in [-0.39, 0.29) is 49.3 Å². The van der Waals surface area contributed by atoms with Gasteiger partial charge in [0.2, 0.25) is 23.6 Å². The summed E-state index contributed by atoms with van der Waals surface area (Å²) in [5.41, 5.74) is 4.01. The highest BCUT2D eigenvalue weighted by atomic mass is 19.1. The van der Waals surface area contributed by atoms with Gasteiger partial charge in [0.05, 0.1) is 30.6 Å². The second kappa shape index (κ2) is 17.3. The number of rotatable bonds is 15. The Morgan fingerprint density at radius 3 is 1.76 bits per heavy atom. The average molecular weight is 763 g/mol. The largest absolute Gasteiger partial charge is 0.391 e. The van der Waals surface area contributed by atoms with Gasteiger partial charge >= 0.3 is 0 Å². The number of nitrogens with one attached hydrogen (secondary N) is 6. The highest BCUT2D eigenvalue weighted by Gasteiger charge is 2.39. The number of benzene rings is 2. The Bertz CT molecular complexity index is 2050. The van der Waals surface area contributed by atoms with Crippen molar-refractivity contribution in [1.82, 2.24) is 41.0 Å². The van der Waals surface area contributed by atoms with Crippen LogP contribution in [0.4, 0.5) is 8.78 Å². The Morgan fingerprint density at radius 1 is 0.782 bits per heavy atom. The molecular formula is C40H52F2N8O5. The third-order valence-corrected chi connectivity index (χ3v) is 11.0. The molecule has 15 heteroatoms. The van der Waals surface area contributed by atoms with E-state index in [2.05, 4.69) is 31.2 Å². The number of likely N-dealkylation sites (N-methyl/N-ethyl adjacent to an activating group) is 2. The minimum atomic E-state index is -0.780. The highest BCUT2D eigenvalue weighted by Crippen LogP contribution is 2.39. The van der Waals surface area contributed by atoms with Crippen LogP contribution in [0.3, 0.4) is 0 Å². The van der Waals surface area contributed by atoms with Gasteiger partial charge in [-0.25, -0.2) is 8.78 Å². The SMILES string of the molecule is CCC(NC(=O)CNC)C(=O)N1CCCC1Cc1c(-c2[nH]c3cc(F)ccc3c2CC2CC(O)CN2C(=O)C(CC)NC(=O)CNC)[nH]c2cc(F)ccc12. The molecule has 55 heavy (non-hydrogen) atoms. The number of aliphatic hydroxyl groups is 1. The van der Waals surface area contributed by atoms with Crippen LogP contribution in [-0.2, 0) is 32.0 Å². The van der Waals surface area contributed by atoms with Gasteiger partial charge in [0.15, 0.2) is 0 Å². The third kappa shape index (κ3) is 8.53. The molecule has 0 aliphatic carbocycles. The molecule has 7 N–H and O–H groups in total. The molecule has 0 saturated carbocycles. The van der Waals surface area contributed by atoms with Gasteiger partial charge in [-0.15, -0.1) is 0 Å². The zero-order valence-corrected chi connectivity index (χ0v) is 31.9. The number of hydrogen-bond acceptors (Lipinski definition) is 7. The zero-order chi connectivity index (χ0) is 39.4. The lowest BCUT2D eigenvalue weighted by molar-refractivity contribution is -0.137. The van der Waals surface area contributed by atoms with Gasteiger partial charge in [-0.2, -0.15) is 0 Å². The second-order valence-corrected chi connectivity index (χ2v) is 14.7. The van der Waals surface area contributed by atoms with Crippen LogP contribution in [0.1, 0.15) is 57.1 Å². The fraction of sp³-hybridized carbons (Fsp3) is 0.500. The Hall–Kier alpha value is -4.86. The lowest BCUT2D eigenvalue weighted by atomic mass is 9.95. The van der Waals surface area contributed by atoms with Crippen LogP contribution in [-0.4, -0.2) is 119 Å². The lowest BCUT2D eigenvalue weighted by Crippen LogP contribution is -2.51. The first kappa shape index (κ1) is 39.8. The summed E-state index contributed by atoms with van der Waals surface area (Å²) in [6.07, 6.45) is 2.54. The van der Waals surface area contributed by atoms with Gasteiger partial charge in [-0.3, -0.25) is 19.2 Å². The first-order chi connectivity index (χ1) is 26.5. The highest BCUT2D eigenvalue weighted by molar-refractivity contribution is 5.96. The van der Waals surface area contributed by atoms with E-state index >= 15 is 0 Å². The van der Waals surface area contributed by atoms with Gasteiger partial charge < -0.3 is 46.1 Å². The van der Waals surface area contributed by atoms with E-state index in [9.17, 15) is 33.1 Å².